The summed E-state index contributed by atoms with van der Waals surface area (Å²) in [6.07, 6.45) is 7.45. The molecule has 1 aromatic heterocycles. The van der Waals surface area contributed by atoms with Crippen molar-refractivity contribution in [1.82, 2.24) is 4.98 Å². The normalized spacial score (nSPS) is 18.5. The van der Waals surface area contributed by atoms with Gasteiger partial charge in [-0.1, -0.05) is 30.6 Å². The summed E-state index contributed by atoms with van der Waals surface area (Å²) in [6.45, 7) is 0. The predicted molar refractivity (Wildman–Crippen MR) is 96.2 cm³/mol. The van der Waals surface area contributed by atoms with Gasteiger partial charge >= 0.3 is 0 Å². The lowest BCUT2D eigenvalue weighted by Crippen LogP contribution is -2.24. The van der Waals surface area contributed by atoms with Crippen LogP contribution in [0.1, 0.15) is 44.9 Å². The summed E-state index contributed by atoms with van der Waals surface area (Å²) in [7, 11) is 0. The lowest BCUT2D eigenvalue weighted by molar-refractivity contribution is -0.120. The first-order valence-electron chi connectivity index (χ1n) is 8.71. The number of carbonyl (C=O) groups is 2. The third-order valence-electron chi connectivity index (χ3n) is 4.81. The van der Waals surface area contributed by atoms with Crippen LogP contribution in [0.25, 0.3) is 10.2 Å². The number of amides is 2. The van der Waals surface area contributed by atoms with E-state index in [4.69, 9.17) is 0 Å². The molecule has 4 rings (SSSR count). The van der Waals surface area contributed by atoms with Crippen molar-refractivity contribution in [3.05, 3.63) is 18.2 Å². The van der Waals surface area contributed by atoms with Crippen molar-refractivity contribution in [3.63, 3.8) is 0 Å². The Labute approximate surface area is 144 Å². The Morgan fingerprint density at radius 1 is 0.958 bits per heavy atom. The van der Waals surface area contributed by atoms with E-state index in [1.54, 1.807) is 0 Å². The SMILES string of the molecule is O=C(Nc1ccc2sc(NC(=O)C3CCCCC3)nc2c1)C1CC1. The lowest BCUT2D eigenvalue weighted by Gasteiger charge is -2.19. The van der Waals surface area contributed by atoms with Crippen molar-refractivity contribution in [3.8, 4) is 0 Å². The molecule has 2 saturated carbocycles. The first-order valence-corrected chi connectivity index (χ1v) is 9.53. The third-order valence-corrected chi connectivity index (χ3v) is 5.76. The highest BCUT2D eigenvalue weighted by atomic mass is 32.1. The van der Waals surface area contributed by atoms with Crippen molar-refractivity contribution in [2.24, 2.45) is 11.8 Å². The maximum Gasteiger partial charge on any atom is 0.229 e. The molecule has 0 saturated heterocycles. The highest BCUT2D eigenvalue weighted by Gasteiger charge is 2.29. The summed E-state index contributed by atoms with van der Waals surface area (Å²) in [5, 5.41) is 6.55. The van der Waals surface area contributed by atoms with Crippen LogP contribution in [0.2, 0.25) is 0 Å². The largest absolute Gasteiger partial charge is 0.326 e. The second kappa shape index (κ2) is 6.51. The van der Waals surface area contributed by atoms with Gasteiger partial charge in [-0.25, -0.2) is 4.98 Å². The van der Waals surface area contributed by atoms with E-state index in [-0.39, 0.29) is 23.7 Å². The van der Waals surface area contributed by atoms with Gasteiger partial charge in [0.05, 0.1) is 10.2 Å². The van der Waals surface area contributed by atoms with Gasteiger partial charge in [-0.05, 0) is 43.9 Å². The lowest BCUT2D eigenvalue weighted by atomic mass is 9.89. The van der Waals surface area contributed by atoms with Gasteiger partial charge in [0.25, 0.3) is 0 Å². The van der Waals surface area contributed by atoms with Crippen LogP contribution in [-0.2, 0) is 9.59 Å². The van der Waals surface area contributed by atoms with Crippen molar-refractivity contribution in [1.29, 1.82) is 0 Å². The van der Waals surface area contributed by atoms with Gasteiger partial charge in [-0.2, -0.15) is 0 Å². The molecule has 0 radical (unpaired) electrons. The minimum absolute atomic E-state index is 0.0930. The fourth-order valence-corrected chi connectivity index (χ4v) is 4.07. The molecule has 2 fully saturated rings. The number of benzene rings is 1. The smallest absolute Gasteiger partial charge is 0.229 e. The number of aromatic nitrogens is 1. The van der Waals surface area contributed by atoms with E-state index in [2.05, 4.69) is 15.6 Å². The topological polar surface area (TPSA) is 71.1 Å². The molecule has 0 atom stereocenters. The van der Waals surface area contributed by atoms with Crippen molar-refractivity contribution >= 4 is 44.2 Å². The first-order chi connectivity index (χ1) is 11.7. The van der Waals surface area contributed by atoms with E-state index in [1.807, 2.05) is 18.2 Å². The van der Waals surface area contributed by atoms with Gasteiger partial charge in [0.15, 0.2) is 5.13 Å². The van der Waals surface area contributed by atoms with Gasteiger partial charge < -0.3 is 10.6 Å². The van der Waals surface area contributed by atoms with Crippen molar-refractivity contribution in [2.75, 3.05) is 10.6 Å². The first kappa shape index (κ1) is 15.6. The van der Waals surface area contributed by atoms with Crippen LogP contribution in [0.15, 0.2) is 18.2 Å². The third kappa shape index (κ3) is 3.43. The molecule has 1 aromatic carbocycles. The Kier molecular flexibility index (Phi) is 4.22. The van der Waals surface area contributed by atoms with E-state index in [0.717, 1.165) is 54.4 Å². The molecule has 1 heterocycles. The molecule has 2 aliphatic carbocycles. The monoisotopic (exact) mass is 343 g/mol. The summed E-state index contributed by atoms with van der Waals surface area (Å²) in [5.74, 6) is 0.493. The number of anilines is 2. The molecule has 0 bridgehead atoms. The number of hydrogen-bond acceptors (Lipinski definition) is 4. The number of carbonyl (C=O) groups excluding carboxylic acids is 2. The summed E-state index contributed by atoms with van der Waals surface area (Å²) < 4.78 is 1.01. The Balaban J connectivity index is 1.46. The molecule has 24 heavy (non-hydrogen) atoms. The van der Waals surface area contributed by atoms with Crippen molar-refractivity contribution in [2.45, 2.75) is 44.9 Å². The van der Waals surface area contributed by atoms with Crippen LogP contribution in [0.3, 0.4) is 0 Å². The van der Waals surface area contributed by atoms with Gasteiger partial charge in [0.2, 0.25) is 11.8 Å². The average Bonchev–Trinajstić information content (AvgIpc) is 3.37. The Bertz CT molecular complexity index is 776. The highest BCUT2D eigenvalue weighted by Crippen LogP contribution is 2.32. The minimum Gasteiger partial charge on any atom is -0.326 e. The molecule has 0 spiro atoms. The fourth-order valence-electron chi connectivity index (χ4n) is 3.22. The molecule has 6 heteroatoms. The van der Waals surface area contributed by atoms with Crippen LogP contribution in [0.4, 0.5) is 10.8 Å². The molecule has 2 amide bonds. The molecular weight excluding hydrogens is 322 g/mol. The van der Waals surface area contributed by atoms with E-state index < -0.39 is 0 Å². The molecule has 2 aliphatic rings. The van der Waals surface area contributed by atoms with Crippen molar-refractivity contribution < 1.29 is 9.59 Å². The second-order valence-electron chi connectivity index (χ2n) is 6.79. The van der Waals surface area contributed by atoms with Gasteiger partial charge in [0, 0.05) is 17.5 Å². The summed E-state index contributed by atoms with van der Waals surface area (Å²) in [4.78, 5) is 28.7. The quantitative estimate of drug-likeness (QED) is 0.875. The molecule has 2 N–H and O–H groups in total. The summed E-state index contributed by atoms with van der Waals surface area (Å²) in [6, 6.07) is 5.72. The Morgan fingerprint density at radius 3 is 2.42 bits per heavy atom. The zero-order valence-corrected chi connectivity index (χ0v) is 14.3. The van der Waals surface area contributed by atoms with Gasteiger partial charge in [-0.15, -0.1) is 0 Å². The van der Waals surface area contributed by atoms with E-state index in [1.165, 1.54) is 17.8 Å². The highest BCUT2D eigenvalue weighted by molar-refractivity contribution is 7.22. The molecule has 0 aliphatic heterocycles. The Hall–Kier alpha value is -1.95. The number of rotatable bonds is 4. The molecule has 2 aromatic rings. The van der Waals surface area contributed by atoms with Gasteiger partial charge in [-0.3, -0.25) is 9.59 Å². The zero-order chi connectivity index (χ0) is 16.5. The van der Waals surface area contributed by atoms with E-state index in [9.17, 15) is 9.59 Å². The van der Waals surface area contributed by atoms with Crippen LogP contribution in [0.5, 0.6) is 0 Å². The Morgan fingerprint density at radius 2 is 1.67 bits per heavy atom. The molecule has 0 unspecified atom stereocenters. The second-order valence-corrected chi connectivity index (χ2v) is 7.82. The average molecular weight is 343 g/mol. The maximum absolute atomic E-state index is 12.3. The number of nitrogens with zero attached hydrogens (tertiary/aromatic N) is 1. The van der Waals surface area contributed by atoms with Crippen LogP contribution in [-0.4, -0.2) is 16.8 Å². The molecular formula is C18H21N3O2S. The van der Waals surface area contributed by atoms with Crippen LogP contribution < -0.4 is 10.6 Å². The number of nitrogens with one attached hydrogen (secondary N) is 2. The maximum atomic E-state index is 12.3. The van der Waals surface area contributed by atoms with Crippen LogP contribution >= 0.6 is 11.3 Å². The summed E-state index contributed by atoms with van der Waals surface area (Å²) in [5.41, 5.74) is 1.59. The number of fused-ring (bicyclic) bond motifs is 1. The molecule has 126 valence electrons. The van der Waals surface area contributed by atoms with E-state index >= 15 is 0 Å². The zero-order valence-electron chi connectivity index (χ0n) is 13.5. The fraction of sp³-hybridized carbons (Fsp3) is 0.500. The summed E-state index contributed by atoms with van der Waals surface area (Å²) >= 11 is 1.48. The van der Waals surface area contributed by atoms with Crippen LogP contribution in [0, 0.1) is 11.8 Å². The van der Waals surface area contributed by atoms with Gasteiger partial charge in [0.1, 0.15) is 0 Å². The number of thiazole rings is 1. The minimum atomic E-state index is 0.0930. The van der Waals surface area contributed by atoms with E-state index in [0.29, 0.717) is 5.13 Å². The molecule has 5 nitrogen and oxygen atoms in total. The standard InChI is InChI=1S/C18H21N3O2S/c22-16(12-6-7-12)19-13-8-9-15-14(10-13)20-18(24-15)21-17(23)11-4-2-1-3-5-11/h8-12H,1-7H2,(H,19,22)(H,20,21,23). The predicted octanol–water partition coefficient (Wildman–Crippen LogP) is 4.16. The number of hydrogen-bond donors (Lipinski definition) is 2.